The second kappa shape index (κ2) is 12.7. The summed E-state index contributed by atoms with van der Waals surface area (Å²) in [4.78, 5) is 12.8. The molecule has 0 aliphatic rings. The van der Waals surface area contributed by atoms with Crippen LogP contribution in [0.2, 0.25) is 0 Å². The van der Waals surface area contributed by atoms with E-state index in [-0.39, 0.29) is 17.8 Å². The van der Waals surface area contributed by atoms with Crippen molar-refractivity contribution in [1.82, 2.24) is 14.8 Å². The maximum Gasteiger partial charge on any atom is 0.234 e. The number of anilines is 1. The number of nitrogens with zero attached hydrogens (tertiary/aromatic N) is 3. The molecule has 1 unspecified atom stereocenters. The molecule has 0 aliphatic carbocycles. The Kier molecular flexibility index (Phi) is 9.64. The van der Waals surface area contributed by atoms with E-state index in [2.05, 4.69) is 53.8 Å². The topological polar surface area (TPSA) is 87.5 Å². The fourth-order valence-corrected chi connectivity index (χ4v) is 4.54. The van der Waals surface area contributed by atoms with Crippen LogP contribution in [0.3, 0.4) is 0 Å². The number of methoxy groups -OCH3 is 2. The fraction of sp³-hybridized carbons (Fsp3) is 0.444. The number of aromatic nitrogens is 3. The molecule has 194 valence electrons. The van der Waals surface area contributed by atoms with Gasteiger partial charge in [-0.25, -0.2) is 0 Å². The Hall–Kier alpha value is -3.20. The molecule has 1 amide bonds. The van der Waals surface area contributed by atoms with Crippen molar-refractivity contribution in [1.29, 1.82) is 0 Å². The van der Waals surface area contributed by atoms with Crippen LogP contribution in [0.25, 0.3) is 0 Å². The molecule has 36 heavy (non-hydrogen) atoms. The number of nitrogens with one attached hydrogen (secondary N) is 1. The third-order valence-corrected chi connectivity index (χ3v) is 6.48. The van der Waals surface area contributed by atoms with E-state index in [0.717, 1.165) is 23.7 Å². The third-order valence-electron chi connectivity index (χ3n) is 5.51. The number of para-hydroxylation sites is 1. The number of rotatable bonds is 12. The highest BCUT2D eigenvalue weighted by molar-refractivity contribution is 7.99. The minimum absolute atomic E-state index is 0.169. The zero-order chi connectivity index (χ0) is 26.2. The predicted molar refractivity (Wildman–Crippen MR) is 143 cm³/mol. The summed E-state index contributed by atoms with van der Waals surface area (Å²) in [6, 6.07) is 13.3. The molecule has 3 aromatic rings. The second-order valence-electron chi connectivity index (χ2n) is 9.20. The number of ether oxygens (including phenoxy) is 3. The van der Waals surface area contributed by atoms with E-state index in [1.165, 1.54) is 11.8 Å². The van der Waals surface area contributed by atoms with Gasteiger partial charge in [-0.2, -0.15) is 0 Å². The maximum atomic E-state index is 12.8. The lowest BCUT2D eigenvalue weighted by atomic mass is 10.0. The molecule has 0 saturated heterocycles. The SMILES string of the molecule is COc1ccc(OC)c(NC(=O)CSc2nnc(C(C)Oc3ccccc3C(C)C)n2CC(C)C)c1. The van der Waals surface area contributed by atoms with Gasteiger partial charge >= 0.3 is 0 Å². The molecule has 1 N–H and O–H groups in total. The van der Waals surface area contributed by atoms with Crippen molar-refractivity contribution < 1.29 is 19.0 Å². The van der Waals surface area contributed by atoms with Gasteiger partial charge in [0.05, 0.1) is 25.7 Å². The first kappa shape index (κ1) is 27.4. The Morgan fingerprint density at radius 1 is 1.00 bits per heavy atom. The van der Waals surface area contributed by atoms with E-state index in [9.17, 15) is 4.79 Å². The Balaban J connectivity index is 1.75. The van der Waals surface area contributed by atoms with Gasteiger partial charge < -0.3 is 24.1 Å². The number of thioether (sulfide) groups is 1. The third kappa shape index (κ3) is 6.94. The minimum Gasteiger partial charge on any atom is -0.497 e. The van der Waals surface area contributed by atoms with Crippen LogP contribution in [0.5, 0.6) is 17.2 Å². The van der Waals surface area contributed by atoms with Crippen LogP contribution in [0.15, 0.2) is 47.6 Å². The van der Waals surface area contributed by atoms with Crippen LogP contribution in [-0.4, -0.2) is 40.6 Å². The van der Waals surface area contributed by atoms with Crippen LogP contribution in [-0.2, 0) is 11.3 Å². The van der Waals surface area contributed by atoms with E-state index < -0.39 is 0 Å². The second-order valence-corrected chi connectivity index (χ2v) is 10.1. The minimum atomic E-state index is -0.305. The number of hydrogen-bond donors (Lipinski definition) is 1. The largest absolute Gasteiger partial charge is 0.497 e. The van der Waals surface area contributed by atoms with Gasteiger partial charge in [-0.15, -0.1) is 10.2 Å². The Bertz CT molecular complexity index is 1160. The van der Waals surface area contributed by atoms with Crippen molar-refractivity contribution in [2.45, 2.75) is 58.3 Å². The van der Waals surface area contributed by atoms with Gasteiger partial charge in [0.1, 0.15) is 17.2 Å². The first-order valence-electron chi connectivity index (χ1n) is 12.1. The van der Waals surface area contributed by atoms with Gasteiger partial charge in [0, 0.05) is 12.6 Å². The number of benzene rings is 2. The average Bonchev–Trinajstić information content (AvgIpc) is 3.24. The number of amides is 1. The van der Waals surface area contributed by atoms with Crippen molar-refractivity contribution in [3.8, 4) is 17.2 Å². The molecule has 8 nitrogen and oxygen atoms in total. The van der Waals surface area contributed by atoms with Crippen molar-refractivity contribution in [3.05, 3.63) is 53.9 Å². The van der Waals surface area contributed by atoms with Crippen molar-refractivity contribution in [2.24, 2.45) is 5.92 Å². The average molecular weight is 513 g/mol. The number of carbonyl (C=O) groups excluding carboxylic acids is 1. The predicted octanol–water partition coefficient (Wildman–Crippen LogP) is 5.95. The fourth-order valence-electron chi connectivity index (χ4n) is 3.78. The van der Waals surface area contributed by atoms with Gasteiger partial charge in [-0.3, -0.25) is 4.79 Å². The molecule has 0 aliphatic heterocycles. The first-order chi connectivity index (χ1) is 17.2. The van der Waals surface area contributed by atoms with Gasteiger partial charge in [0.2, 0.25) is 5.91 Å². The number of hydrogen-bond acceptors (Lipinski definition) is 7. The van der Waals surface area contributed by atoms with Crippen molar-refractivity contribution >= 4 is 23.4 Å². The van der Waals surface area contributed by atoms with Gasteiger partial charge in [-0.1, -0.05) is 57.7 Å². The zero-order valence-corrected chi connectivity index (χ0v) is 22.9. The van der Waals surface area contributed by atoms with E-state index in [1.54, 1.807) is 32.4 Å². The summed E-state index contributed by atoms with van der Waals surface area (Å²) in [5, 5.41) is 12.4. The zero-order valence-electron chi connectivity index (χ0n) is 22.1. The molecule has 0 saturated carbocycles. The Morgan fingerprint density at radius 3 is 2.42 bits per heavy atom. The quantitative estimate of drug-likeness (QED) is 0.300. The lowest BCUT2D eigenvalue weighted by Crippen LogP contribution is -2.17. The van der Waals surface area contributed by atoms with E-state index in [1.807, 2.05) is 25.1 Å². The lowest BCUT2D eigenvalue weighted by molar-refractivity contribution is -0.113. The maximum absolute atomic E-state index is 12.8. The van der Waals surface area contributed by atoms with Crippen LogP contribution in [0.4, 0.5) is 5.69 Å². The van der Waals surface area contributed by atoms with E-state index >= 15 is 0 Å². The molecule has 9 heteroatoms. The highest BCUT2D eigenvalue weighted by Gasteiger charge is 2.22. The van der Waals surface area contributed by atoms with Crippen LogP contribution >= 0.6 is 11.8 Å². The Labute approximate surface area is 217 Å². The first-order valence-corrected chi connectivity index (χ1v) is 13.0. The highest BCUT2D eigenvalue weighted by Crippen LogP contribution is 2.32. The van der Waals surface area contributed by atoms with Crippen LogP contribution in [0, 0.1) is 5.92 Å². The summed E-state index contributed by atoms with van der Waals surface area (Å²) in [6.07, 6.45) is -0.305. The molecule has 0 bridgehead atoms. The molecule has 3 rings (SSSR count). The summed E-state index contributed by atoms with van der Waals surface area (Å²) in [7, 11) is 3.14. The molecule has 1 heterocycles. The molecule has 1 aromatic heterocycles. The molecular formula is C27H36N4O4S. The van der Waals surface area contributed by atoms with Crippen molar-refractivity contribution in [3.63, 3.8) is 0 Å². The summed E-state index contributed by atoms with van der Waals surface area (Å²) in [5.41, 5.74) is 1.70. The highest BCUT2D eigenvalue weighted by atomic mass is 32.2. The smallest absolute Gasteiger partial charge is 0.234 e. The van der Waals surface area contributed by atoms with Gasteiger partial charge in [-0.05, 0) is 42.5 Å². The standard InChI is InChI=1S/C27H36N4O4S/c1-17(2)15-31-26(19(5)35-23-11-9-8-10-21(23)18(3)4)29-30-27(31)36-16-25(32)28-22-14-20(33-6)12-13-24(22)34-7/h8-14,17-19H,15-16H2,1-7H3,(H,28,32). The Morgan fingerprint density at radius 2 is 1.75 bits per heavy atom. The number of carbonyl (C=O) groups is 1. The molecule has 0 fully saturated rings. The van der Waals surface area contributed by atoms with E-state index in [0.29, 0.717) is 34.2 Å². The molecule has 2 aromatic carbocycles. The molecule has 0 radical (unpaired) electrons. The monoisotopic (exact) mass is 512 g/mol. The summed E-state index contributed by atoms with van der Waals surface area (Å²) >= 11 is 1.34. The van der Waals surface area contributed by atoms with Crippen LogP contribution in [0.1, 0.15) is 58.0 Å². The van der Waals surface area contributed by atoms with Crippen molar-refractivity contribution in [2.75, 3.05) is 25.3 Å². The molecule has 0 spiro atoms. The van der Waals surface area contributed by atoms with E-state index in [4.69, 9.17) is 14.2 Å². The molecular weight excluding hydrogens is 476 g/mol. The van der Waals surface area contributed by atoms with Crippen LogP contribution < -0.4 is 19.5 Å². The molecule has 1 atom stereocenters. The summed E-state index contributed by atoms with van der Waals surface area (Å²) in [5.74, 6) is 3.48. The summed E-state index contributed by atoms with van der Waals surface area (Å²) < 4.78 is 19.0. The lowest BCUT2D eigenvalue weighted by Gasteiger charge is -2.20. The summed E-state index contributed by atoms with van der Waals surface area (Å²) in [6.45, 7) is 11.3. The van der Waals surface area contributed by atoms with Gasteiger partial charge in [0.15, 0.2) is 17.1 Å². The normalized spacial score (nSPS) is 12.0. The van der Waals surface area contributed by atoms with Gasteiger partial charge in [0.25, 0.3) is 0 Å².